The Hall–Kier alpha value is -3.29. The van der Waals surface area contributed by atoms with E-state index in [-0.39, 0.29) is 5.56 Å². The first-order chi connectivity index (χ1) is 16.1. The average molecular weight is 458 g/mol. The SMILES string of the molecule is CC(C)=NNc1nc2sc3c(c2c(=O)n1Cc1ccccc1)CCN(Cc1ccccc1)C3. The van der Waals surface area contributed by atoms with Gasteiger partial charge in [-0.2, -0.15) is 5.10 Å². The van der Waals surface area contributed by atoms with E-state index in [1.807, 2.05) is 50.2 Å². The van der Waals surface area contributed by atoms with E-state index in [9.17, 15) is 4.79 Å². The molecule has 0 unspecified atom stereocenters. The van der Waals surface area contributed by atoms with Gasteiger partial charge in [0.05, 0.1) is 11.9 Å². The minimum Gasteiger partial charge on any atom is -0.294 e. The van der Waals surface area contributed by atoms with Crippen LogP contribution < -0.4 is 11.0 Å². The van der Waals surface area contributed by atoms with Crippen LogP contribution in [0.2, 0.25) is 0 Å². The van der Waals surface area contributed by atoms with Gasteiger partial charge in [-0.05, 0) is 37.0 Å². The molecule has 3 heterocycles. The Balaban J connectivity index is 1.53. The van der Waals surface area contributed by atoms with Gasteiger partial charge in [-0.1, -0.05) is 60.7 Å². The zero-order chi connectivity index (χ0) is 22.8. The zero-order valence-corrected chi connectivity index (χ0v) is 19.7. The van der Waals surface area contributed by atoms with Gasteiger partial charge in [0.25, 0.3) is 5.56 Å². The minimum absolute atomic E-state index is 0.00400. The van der Waals surface area contributed by atoms with Gasteiger partial charge in [0.15, 0.2) is 0 Å². The van der Waals surface area contributed by atoms with Crippen molar-refractivity contribution < 1.29 is 0 Å². The van der Waals surface area contributed by atoms with Crippen molar-refractivity contribution in [1.82, 2.24) is 14.5 Å². The molecule has 168 valence electrons. The number of nitrogens with zero attached hydrogens (tertiary/aromatic N) is 4. The molecule has 0 fully saturated rings. The number of fused-ring (bicyclic) bond motifs is 3. The summed E-state index contributed by atoms with van der Waals surface area (Å²) in [6.45, 7) is 6.97. The fraction of sp³-hybridized carbons (Fsp3) is 0.269. The fourth-order valence-corrected chi connectivity index (χ4v) is 5.52. The summed E-state index contributed by atoms with van der Waals surface area (Å²) in [5, 5.41) is 5.10. The Morgan fingerprint density at radius 1 is 1.03 bits per heavy atom. The third kappa shape index (κ3) is 4.60. The lowest BCUT2D eigenvalue weighted by Gasteiger charge is -2.26. The van der Waals surface area contributed by atoms with Gasteiger partial charge in [-0.15, -0.1) is 11.3 Å². The van der Waals surface area contributed by atoms with Gasteiger partial charge in [0.1, 0.15) is 4.83 Å². The van der Waals surface area contributed by atoms with Crippen molar-refractivity contribution in [2.75, 3.05) is 12.0 Å². The maximum absolute atomic E-state index is 13.7. The van der Waals surface area contributed by atoms with Gasteiger partial charge in [0, 0.05) is 30.2 Å². The summed E-state index contributed by atoms with van der Waals surface area (Å²) in [5.41, 5.74) is 7.43. The number of aromatic nitrogens is 2. The molecule has 33 heavy (non-hydrogen) atoms. The number of hydrogen-bond donors (Lipinski definition) is 1. The smallest absolute Gasteiger partial charge is 0.264 e. The first-order valence-corrected chi connectivity index (χ1v) is 12.0. The summed E-state index contributed by atoms with van der Waals surface area (Å²) in [7, 11) is 0. The molecule has 1 N–H and O–H groups in total. The third-order valence-electron chi connectivity index (χ3n) is 5.85. The predicted octanol–water partition coefficient (Wildman–Crippen LogP) is 4.87. The average Bonchev–Trinajstić information content (AvgIpc) is 3.19. The van der Waals surface area contributed by atoms with E-state index in [2.05, 4.69) is 39.7 Å². The third-order valence-corrected chi connectivity index (χ3v) is 6.96. The van der Waals surface area contributed by atoms with E-state index in [0.717, 1.165) is 47.5 Å². The van der Waals surface area contributed by atoms with E-state index in [1.54, 1.807) is 15.9 Å². The highest BCUT2D eigenvalue weighted by Crippen LogP contribution is 2.33. The van der Waals surface area contributed by atoms with Crippen LogP contribution in [-0.4, -0.2) is 26.7 Å². The van der Waals surface area contributed by atoms with Gasteiger partial charge in [-0.3, -0.25) is 14.3 Å². The van der Waals surface area contributed by atoms with Crippen LogP contribution in [0.4, 0.5) is 5.95 Å². The molecule has 0 amide bonds. The molecule has 0 saturated heterocycles. The summed E-state index contributed by atoms with van der Waals surface area (Å²) >= 11 is 1.64. The Bertz CT molecular complexity index is 1350. The molecule has 2 aromatic heterocycles. The quantitative estimate of drug-likeness (QED) is 0.331. The standard InChI is InChI=1S/C26H27N5OS/c1-18(2)28-29-26-27-24-23(25(32)31(26)16-20-11-7-4-8-12-20)21-13-14-30(17-22(21)33-24)15-19-9-5-3-6-10-19/h3-12H,13-17H2,1-2H3,(H,27,29). The number of rotatable bonds is 6. The molecule has 0 aliphatic carbocycles. The number of nitrogens with one attached hydrogen (secondary N) is 1. The van der Waals surface area contributed by atoms with Crippen molar-refractivity contribution in [3.05, 3.63) is 92.6 Å². The largest absolute Gasteiger partial charge is 0.294 e. The second kappa shape index (κ2) is 9.29. The highest BCUT2D eigenvalue weighted by Gasteiger charge is 2.25. The van der Waals surface area contributed by atoms with Crippen LogP contribution in [0.15, 0.2) is 70.6 Å². The van der Waals surface area contributed by atoms with Crippen LogP contribution >= 0.6 is 11.3 Å². The first-order valence-electron chi connectivity index (χ1n) is 11.2. The zero-order valence-electron chi connectivity index (χ0n) is 18.9. The van der Waals surface area contributed by atoms with Gasteiger partial charge in [0.2, 0.25) is 5.95 Å². The molecule has 1 aliphatic rings. The van der Waals surface area contributed by atoms with Crippen molar-refractivity contribution in [2.45, 2.75) is 39.9 Å². The van der Waals surface area contributed by atoms with Crippen molar-refractivity contribution in [3.8, 4) is 0 Å². The van der Waals surface area contributed by atoms with E-state index in [4.69, 9.17) is 4.98 Å². The van der Waals surface area contributed by atoms with Crippen LogP contribution in [0.5, 0.6) is 0 Å². The van der Waals surface area contributed by atoms with Gasteiger partial charge < -0.3 is 0 Å². The molecular weight excluding hydrogens is 430 g/mol. The molecule has 6 nitrogen and oxygen atoms in total. The molecular formula is C26H27N5OS. The Labute approximate surface area is 197 Å². The molecule has 0 bridgehead atoms. The number of benzene rings is 2. The molecule has 7 heteroatoms. The molecule has 5 rings (SSSR count). The molecule has 0 radical (unpaired) electrons. The van der Waals surface area contributed by atoms with Crippen molar-refractivity contribution >= 4 is 33.2 Å². The highest BCUT2D eigenvalue weighted by molar-refractivity contribution is 7.18. The van der Waals surface area contributed by atoms with Crippen LogP contribution in [-0.2, 0) is 26.1 Å². The van der Waals surface area contributed by atoms with Crippen LogP contribution in [0.3, 0.4) is 0 Å². The predicted molar refractivity (Wildman–Crippen MR) is 136 cm³/mol. The Morgan fingerprint density at radius 2 is 1.70 bits per heavy atom. The molecule has 0 atom stereocenters. The Morgan fingerprint density at radius 3 is 2.36 bits per heavy atom. The number of anilines is 1. The second-order valence-electron chi connectivity index (χ2n) is 8.61. The lowest BCUT2D eigenvalue weighted by atomic mass is 10.0. The molecule has 4 aromatic rings. The summed E-state index contributed by atoms with van der Waals surface area (Å²) in [6, 6.07) is 20.6. The normalized spacial score (nSPS) is 13.6. The molecule has 2 aromatic carbocycles. The number of hydrogen-bond acceptors (Lipinski definition) is 6. The Kier molecular flexibility index (Phi) is 6.07. The van der Waals surface area contributed by atoms with Gasteiger partial charge >= 0.3 is 0 Å². The summed E-state index contributed by atoms with van der Waals surface area (Å²) in [5.74, 6) is 0.484. The number of hydrazone groups is 1. The minimum atomic E-state index is 0.00400. The van der Waals surface area contributed by atoms with Crippen molar-refractivity contribution in [1.29, 1.82) is 0 Å². The topological polar surface area (TPSA) is 62.5 Å². The molecule has 0 spiro atoms. The lowest BCUT2D eigenvalue weighted by Crippen LogP contribution is -2.30. The second-order valence-corrected chi connectivity index (χ2v) is 9.70. The van der Waals surface area contributed by atoms with Crippen molar-refractivity contribution in [3.63, 3.8) is 0 Å². The van der Waals surface area contributed by atoms with Crippen LogP contribution in [0, 0.1) is 0 Å². The van der Waals surface area contributed by atoms with Gasteiger partial charge in [-0.25, -0.2) is 10.4 Å². The van der Waals surface area contributed by atoms with E-state index in [0.29, 0.717) is 12.5 Å². The van der Waals surface area contributed by atoms with Crippen LogP contribution in [0.25, 0.3) is 10.2 Å². The molecule has 1 aliphatic heterocycles. The lowest BCUT2D eigenvalue weighted by molar-refractivity contribution is 0.249. The van der Waals surface area contributed by atoms with Crippen LogP contribution in [0.1, 0.15) is 35.4 Å². The summed E-state index contributed by atoms with van der Waals surface area (Å²) in [4.78, 5) is 23.1. The van der Waals surface area contributed by atoms with Crippen molar-refractivity contribution in [2.24, 2.45) is 5.10 Å². The first kappa shape index (κ1) is 21.6. The van der Waals surface area contributed by atoms with E-state index < -0.39 is 0 Å². The summed E-state index contributed by atoms with van der Waals surface area (Å²) < 4.78 is 1.72. The van der Waals surface area contributed by atoms with E-state index >= 15 is 0 Å². The maximum Gasteiger partial charge on any atom is 0.264 e. The maximum atomic E-state index is 13.7. The van der Waals surface area contributed by atoms with E-state index in [1.165, 1.54) is 16.0 Å². The monoisotopic (exact) mass is 457 g/mol. The number of thiophene rings is 1. The molecule has 0 saturated carbocycles. The summed E-state index contributed by atoms with van der Waals surface area (Å²) in [6.07, 6.45) is 0.865. The fourth-order valence-electron chi connectivity index (χ4n) is 4.27. The highest BCUT2D eigenvalue weighted by atomic mass is 32.1.